The Kier molecular flexibility index (Phi) is 5.11. The monoisotopic (exact) mass is 339 g/mol. The van der Waals surface area contributed by atoms with Gasteiger partial charge in [0.15, 0.2) is 0 Å². The molecule has 0 spiro atoms. The van der Waals surface area contributed by atoms with E-state index in [1.807, 2.05) is 6.07 Å². The summed E-state index contributed by atoms with van der Waals surface area (Å²) in [6, 6.07) is 6.08. The first-order valence-corrected chi connectivity index (χ1v) is 6.64. The third kappa shape index (κ3) is 3.71. The van der Waals surface area contributed by atoms with E-state index in [4.69, 9.17) is 10.4 Å². The number of nitrogens with zero attached hydrogens (tertiary/aromatic N) is 1. The second-order valence-electron chi connectivity index (χ2n) is 4.37. The molecule has 1 aromatic carbocycles. The first-order valence-electron chi connectivity index (χ1n) is 5.84. The number of halogens is 1. The van der Waals surface area contributed by atoms with E-state index >= 15 is 0 Å². The summed E-state index contributed by atoms with van der Waals surface area (Å²) >= 11 is 3.23. The lowest BCUT2D eigenvalue weighted by Gasteiger charge is -2.24. The SMILES string of the molecule is CCC(C)(NC(=O)Nc1ccc(Br)cc1C#N)C(=O)O. The Morgan fingerprint density at radius 1 is 1.50 bits per heavy atom. The van der Waals surface area contributed by atoms with Crippen molar-refractivity contribution in [2.24, 2.45) is 0 Å². The number of carboxylic acid groups (broad SMARTS) is 1. The number of nitriles is 1. The van der Waals surface area contributed by atoms with Crippen LogP contribution in [0.25, 0.3) is 0 Å². The van der Waals surface area contributed by atoms with Gasteiger partial charge in [-0.3, -0.25) is 0 Å². The molecular formula is C13H14BrN3O3. The molecule has 1 unspecified atom stereocenters. The number of benzene rings is 1. The first-order chi connectivity index (χ1) is 9.32. The normalized spacial score (nSPS) is 12.9. The van der Waals surface area contributed by atoms with Crippen LogP contribution in [0.15, 0.2) is 22.7 Å². The molecule has 20 heavy (non-hydrogen) atoms. The highest BCUT2D eigenvalue weighted by atomic mass is 79.9. The number of aliphatic carboxylic acids is 1. The van der Waals surface area contributed by atoms with Crippen LogP contribution in [0.1, 0.15) is 25.8 Å². The van der Waals surface area contributed by atoms with E-state index in [0.717, 1.165) is 0 Å². The number of carbonyl (C=O) groups is 2. The van der Waals surface area contributed by atoms with Crippen molar-refractivity contribution >= 4 is 33.6 Å². The molecule has 0 aliphatic heterocycles. The minimum atomic E-state index is -1.35. The minimum Gasteiger partial charge on any atom is -0.480 e. The quantitative estimate of drug-likeness (QED) is 0.784. The van der Waals surface area contributed by atoms with Crippen molar-refractivity contribution in [2.45, 2.75) is 25.8 Å². The third-order valence-corrected chi connectivity index (χ3v) is 3.41. The number of carbonyl (C=O) groups excluding carboxylic acids is 1. The standard InChI is InChI=1S/C13H14BrN3O3/c1-3-13(2,11(18)19)17-12(20)16-10-5-4-9(14)6-8(10)7-15/h4-6H,3H2,1-2H3,(H,18,19)(H2,16,17,20). The summed E-state index contributed by atoms with van der Waals surface area (Å²) in [6.45, 7) is 3.08. The average molecular weight is 340 g/mol. The molecule has 0 aliphatic rings. The smallest absolute Gasteiger partial charge is 0.329 e. The highest BCUT2D eigenvalue weighted by Crippen LogP contribution is 2.20. The van der Waals surface area contributed by atoms with Crippen molar-refractivity contribution < 1.29 is 14.7 Å². The number of urea groups is 1. The van der Waals surface area contributed by atoms with Gasteiger partial charge in [0, 0.05) is 4.47 Å². The Bertz CT molecular complexity index is 583. The molecule has 0 fully saturated rings. The number of rotatable bonds is 4. The summed E-state index contributed by atoms with van der Waals surface area (Å²) in [5.41, 5.74) is -0.758. The molecule has 0 saturated carbocycles. The van der Waals surface area contributed by atoms with E-state index < -0.39 is 17.5 Å². The molecular weight excluding hydrogens is 326 g/mol. The predicted octanol–water partition coefficient (Wildman–Crippen LogP) is 2.70. The van der Waals surface area contributed by atoms with Crippen LogP contribution < -0.4 is 10.6 Å². The zero-order chi connectivity index (χ0) is 15.3. The topological polar surface area (TPSA) is 102 Å². The van der Waals surface area contributed by atoms with Crippen molar-refractivity contribution in [3.8, 4) is 6.07 Å². The second-order valence-corrected chi connectivity index (χ2v) is 5.29. The molecule has 1 rings (SSSR count). The summed E-state index contributed by atoms with van der Waals surface area (Å²) in [6.07, 6.45) is 0.237. The highest BCUT2D eigenvalue weighted by molar-refractivity contribution is 9.10. The fourth-order valence-electron chi connectivity index (χ4n) is 1.42. The van der Waals surface area contributed by atoms with Crippen LogP contribution >= 0.6 is 15.9 Å². The fourth-order valence-corrected chi connectivity index (χ4v) is 1.78. The number of anilines is 1. The summed E-state index contributed by atoms with van der Waals surface area (Å²) in [5, 5.41) is 22.9. The van der Waals surface area contributed by atoms with Crippen molar-refractivity contribution in [3.05, 3.63) is 28.2 Å². The van der Waals surface area contributed by atoms with Gasteiger partial charge in [-0.25, -0.2) is 9.59 Å². The van der Waals surface area contributed by atoms with Crippen molar-refractivity contribution in [1.82, 2.24) is 5.32 Å². The van der Waals surface area contributed by atoms with Gasteiger partial charge in [0.05, 0.1) is 11.3 Å². The van der Waals surface area contributed by atoms with Gasteiger partial charge in [0.1, 0.15) is 11.6 Å². The van der Waals surface area contributed by atoms with E-state index in [-0.39, 0.29) is 12.0 Å². The van der Waals surface area contributed by atoms with Gasteiger partial charge in [0.25, 0.3) is 0 Å². The zero-order valence-corrected chi connectivity index (χ0v) is 12.6. The molecule has 6 nitrogen and oxygen atoms in total. The van der Waals surface area contributed by atoms with Crippen LogP contribution in [-0.2, 0) is 4.79 Å². The van der Waals surface area contributed by atoms with E-state index in [9.17, 15) is 9.59 Å². The van der Waals surface area contributed by atoms with Gasteiger partial charge < -0.3 is 15.7 Å². The molecule has 0 aliphatic carbocycles. The molecule has 0 saturated heterocycles. The molecule has 1 aromatic rings. The molecule has 106 valence electrons. The Morgan fingerprint density at radius 3 is 2.65 bits per heavy atom. The number of hydrogen-bond donors (Lipinski definition) is 3. The van der Waals surface area contributed by atoms with Crippen LogP contribution in [0.5, 0.6) is 0 Å². The average Bonchev–Trinajstić information content (AvgIpc) is 2.40. The third-order valence-electron chi connectivity index (χ3n) is 2.92. The number of nitrogens with one attached hydrogen (secondary N) is 2. The fraction of sp³-hybridized carbons (Fsp3) is 0.308. The summed E-state index contributed by atoms with van der Waals surface area (Å²) in [4.78, 5) is 22.9. The Balaban J connectivity index is 2.87. The number of amides is 2. The largest absolute Gasteiger partial charge is 0.480 e. The summed E-state index contributed by atoms with van der Waals surface area (Å²) < 4.78 is 0.712. The lowest BCUT2D eigenvalue weighted by molar-refractivity contribution is -0.143. The van der Waals surface area contributed by atoms with E-state index in [1.165, 1.54) is 6.92 Å². The maximum Gasteiger partial charge on any atom is 0.329 e. The van der Waals surface area contributed by atoms with Crippen molar-refractivity contribution in [1.29, 1.82) is 5.26 Å². The zero-order valence-electron chi connectivity index (χ0n) is 11.0. The molecule has 0 aromatic heterocycles. The van der Waals surface area contributed by atoms with Gasteiger partial charge in [0.2, 0.25) is 0 Å². The van der Waals surface area contributed by atoms with Gasteiger partial charge >= 0.3 is 12.0 Å². The van der Waals surface area contributed by atoms with Gasteiger partial charge in [-0.05, 0) is 31.5 Å². The van der Waals surface area contributed by atoms with E-state index in [2.05, 4.69) is 26.6 Å². The van der Waals surface area contributed by atoms with Crippen LogP contribution in [0.4, 0.5) is 10.5 Å². The maximum absolute atomic E-state index is 11.8. The molecule has 2 amide bonds. The minimum absolute atomic E-state index is 0.237. The maximum atomic E-state index is 11.8. The summed E-state index contributed by atoms with van der Waals surface area (Å²) in [5.74, 6) is -1.12. The highest BCUT2D eigenvalue weighted by Gasteiger charge is 2.32. The molecule has 0 radical (unpaired) electrons. The molecule has 0 bridgehead atoms. The van der Waals surface area contributed by atoms with Crippen LogP contribution in [0.3, 0.4) is 0 Å². The molecule has 3 N–H and O–H groups in total. The van der Waals surface area contributed by atoms with Crippen molar-refractivity contribution in [2.75, 3.05) is 5.32 Å². The van der Waals surface area contributed by atoms with Gasteiger partial charge in [-0.1, -0.05) is 22.9 Å². The number of hydrogen-bond acceptors (Lipinski definition) is 3. The Labute approximate surface area is 124 Å². The van der Waals surface area contributed by atoms with Gasteiger partial charge in [-0.15, -0.1) is 0 Å². The van der Waals surface area contributed by atoms with Crippen molar-refractivity contribution in [3.63, 3.8) is 0 Å². The van der Waals surface area contributed by atoms with Crippen LogP contribution in [0, 0.1) is 11.3 Å². The number of carboxylic acids is 1. The Morgan fingerprint density at radius 2 is 2.15 bits per heavy atom. The van der Waals surface area contributed by atoms with E-state index in [0.29, 0.717) is 10.2 Å². The van der Waals surface area contributed by atoms with Crippen LogP contribution in [0.2, 0.25) is 0 Å². The van der Waals surface area contributed by atoms with Gasteiger partial charge in [-0.2, -0.15) is 5.26 Å². The van der Waals surface area contributed by atoms with Crippen LogP contribution in [-0.4, -0.2) is 22.6 Å². The predicted molar refractivity (Wildman–Crippen MR) is 77.3 cm³/mol. The second kappa shape index (κ2) is 6.39. The Hall–Kier alpha value is -2.07. The summed E-state index contributed by atoms with van der Waals surface area (Å²) in [7, 11) is 0. The first kappa shape index (κ1) is 16.0. The molecule has 1 atom stereocenters. The molecule has 0 heterocycles. The van der Waals surface area contributed by atoms with E-state index in [1.54, 1.807) is 25.1 Å². The molecule has 7 heteroatoms. The lowest BCUT2D eigenvalue weighted by Crippen LogP contribution is -2.53. The lowest BCUT2D eigenvalue weighted by atomic mass is 10.00.